The Morgan fingerprint density at radius 1 is 1.26 bits per heavy atom. The molecule has 0 aliphatic rings. The normalized spacial score (nSPS) is 12.6. The van der Waals surface area contributed by atoms with Crippen LogP contribution in [0.4, 0.5) is 0 Å². The largest absolute Gasteiger partial charge is 0.305 e. The second-order valence-corrected chi connectivity index (χ2v) is 11.0. The third-order valence-electron chi connectivity index (χ3n) is 4.84. The van der Waals surface area contributed by atoms with E-state index in [1.807, 2.05) is 29.0 Å². The van der Waals surface area contributed by atoms with Crippen LogP contribution in [0.5, 0.6) is 0 Å². The van der Waals surface area contributed by atoms with Gasteiger partial charge in [0, 0.05) is 23.5 Å². The van der Waals surface area contributed by atoms with Gasteiger partial charge in [-0.3, -0.25) is 4.79 Å². The lowest BCUT2D eigenvalue weighted by atomic mass is 10.2. The van der Waals surface area contributed by atoms with Crippen molar-refractivity contribution in [3.63, 3.8) is 0 Å². The fourth-order valence-electron chi connectivity index (χ4n) is 2.87. The standard InChI is InChI=1S/C22H23N3O3S3/c1-6-13-25-19-12-9-17(29-5)14-20(19)30-22(25)23-21(26)16-7-10-18(11-8-16)31(27,28)24(4)15(2)3/h1,7-12,14-15H,13H2,2-5H3. The number of benzene rings is 2. The van der Waals surface area contributed by atoms with Crippen LogP contribution in [0, 0.1) is 12.3 Å². The van der Waals surface area contributed by atoms with Crippen LogP contribution in [0.15, 0.2) is 57.2 Å². The van der Waals surface area contributed by atoms with Gasteiger partial charge in [-0.05, 0) is 62.6 Å². The first kappa shape index (κ1) is 23.3. The second kappa shape index (κ2) is 9.40. The number of hydrogen-bond donors (Lipinski definition) is 0. The SMILES string of the molecule is C#CCn1c(=NC(=O)c2ccc(S(=O)(=O)N(C)C(C)C)cc2)sc2cc(SC)ccc21. The first-order valence-electron chi connectivity index (χ1n) is 9.47. The molecule has 1 aromatic heterocycles. The van der Waals surface area contributed by atoms with E-state index in [4.69, 9.17) is 6.42 Å². The van der Waals surface area contributed by atoms with Crippen LogP contribution in [-0.2, 0) is 16.6 Å². The summed E-state index contributed by atoms with van der Waals surface area (Å²) in [5.41, 5.74) is 1.23. The Kier molecular flexibility index (Phi) is 7.06. The summed E-state index contributed by atoms with van der Waals surface area (Å²) in [4.78, 5) is 18.8. The van der Waals surface area contributed by atoms with Crippen LogP contribution in [0.2, 0.25) is 0 Å². The zero-order chi connectivity index (χ0) is 22.8. The van der Waals surface area contributed by atoms with Crippen LogP contribution in [0.25, 0.3) is 10.2 Å². The van der Waals surface area contributed by atoms with E-state index in [2.05, 4.69) is 10.9 Å². The second-order valence-electron chi connectivity index (χ2n) is 7.06. The highest BCUT2D eigenvalue weighted by molar-refractivity contribution is 7.98. The topological polar surface area (TPSA) is 71.7 Å². The maximum Gasteiger partial charge on any atom is 0.279 e. The lowest BCUT2D eigenvalue weighted by Crippen LogP contribution is -2.33. The smallest absolute Gasteiger partial charge is 0.279 e. The third-order valence-corrected chi connectivity index (χ3v) is 8.66. The number of amides is 1. The molecule has 0 aliphatic heterocycles. The van der Waals surface area contributed by atoms with E-state index in [-0.39, 0.29) is 10.9 Å². The van der Waals surface area contributed by atoms with Crippen LogP contribution in [0.1, 0.15) is 24.2 Å². The number of thiazole rings is 1. The molecule has 162 valence electrons. The van der Waals surface area contributed by atoms with Crippen LogP contribution >= 0.6 is 23.1 Å². The van der Waals surface area contributed by atoms with E-state index in [0.29, 0.717) is 16.9 Å². The zero-order valence-electron chi connectivity index (χ0n) is 17.7. The summed E-state index contributed by atoms with van der Waals surface area (Å²) < 4.78 is 29.3. The number of hydrogen-bond acceptors (Lipinski definition) is 5. The molecule has 0 N–H and O–H groups in total. The fraction of sp³-hybridized carbons (Fsp3) is 0.273. The predicted octanol–water partition coefficient (Wildman–Crippen LogP) is 3.83. The molecule has 3 rings (SSSR count). The molecule has 0 radical (unpaired) electrons. The van der Waals surface area contributed by atoms with Gasteiger partial charge in [0.05, 0.1) is 21.7 Å². The molecule has 0 bridgehead atoms. The molecule has 0 saturated carbocycles. The minimum Gasteiger partial charge on any atom is -0.305 e. The molecule has 1 amide bonds. The van der Waals surface area contributed by atoms with E-state index in [1.165, 1.54) is 47.0 Å². The number of sulfonamides is 1. The molecule has 0 fully saturated rings. The van der Waals surface area contributed by atoms with Crippen molar-refractivity contribution in [1.82, 2.24) is 8.87 Å². The van der Waals surface area contributed by atoms with Crippen molar-refractivity contribution >= 4 is 49.2 Å². The summed E-state index contributed by atoms with van der Waals surface area (Å²) in [6.07, 6.45) is 7.52. The summed E-state index contributed by atoms with van der Waals surface area (Å²) >= 11 is 3.03. The molecule has 0 saturated heterocycles. The highest BCUT2D eigenvalue weighted by Gasteiger charge is 2.23. The third kappa shape index (κ3) is 4.77. The van der Waals surface area contributed by atoms with Gasteiger partial charge in [-0.1, -0.05) is 17.3 Å². The molecule has 3 aromatic rings. The van der Waals surface area contributed by atoms with Crippen molar-refractivity contribution in [2.75, 3.05) is 13.3 Å². The summed E-state index contributed by atoms with van der Waals surface area (Å²) in [6.45, 7) is 3.89. The number of aromatic nitrogens is 1. The fourth-order valence-corrected chi connectivity index (χ4v) is 5.82. The van der Waals surface area contributed by atoms with Crippen LogP contribution in [0.3, 0.4) is 0 Å². The Labute approximate surface area is 190 Å². The summed E-state index contributed by atoms with van der Waals surface area (Å²) in [5, 5.41) is 0. The van der Waals surface area contributed by atoms with Crippen molar-refractivity contribution in [3.05, 3.63) is 52.8 Å². The summed E-state index contributed by atoms with van der Waals surface area (Å²) in [7, 11) is -2.08. The minimum atomic E-state index is -3.61. The van der Waals surface area contributed by atoms with Crippen molar-refractivity contribution in [1.29, 1.82) is 0 Å². The van der Waals surface area contributed by atoms with E-state index in [0.717, 1.165) is 15.1 Å². The van der Waals surface area contributed by atoms with Gasteiger partial charge in [-0.25, -0.2) is 8.42 Å². The van der Waals surface area contributed by atoms with Gasteiger partial charge in [0.1, 0.15) is 0 Å². The van der Waals surface area contributed by atoms with Crippen molar-refractivity contribution < 1.29 is 13.2 Å². The average molecular weight is 474 g/mol. The van der Waals surface area contributed by atoms with Crippen LogP contribution in [-0.4, -0.2) is 42.5 Å². The van der Waals surface area contributed by atoms with Gasteiger partial charge in [-0.15, -0.1) is 18.2 Å². The molecule has 0 atom stereocenters. The number of nitrogens with zero attached hydrogens (tertiary/aromatic N) is 3. The Morgan fingerprint density at radius 3 is 2.52 bits per heavy atom. The predicted molar refractivity (Wildman–Crippen MR) is 127 cm³/mol. The molecular formula is C22H23N3O3S3. The van der Waals surface area contributed by atoms with Crippen LogP contribution < -0.4 is 4.80 Å². The molecule has 0 aliphatic carbocycles. The minimum absolute atomic E-state index is 0.133. The number of terminal acetylenes is 1. The molecular weight excluding hydrogens is 450 g/mol. The lowest BCUT2D eigenvalue weighted by molar-refractivity contribution is 0.0998. The number of carbonyl (C=O) groups excluding carboxylic acids is 1. The molecule has 0 unspecified atom stereocenters. The Hall–Kier alpha value is -2.38. The van der Waals surface area contributed by atoms with E-state index < -0.39 is 15.9 Å². The van der Waals surface area contributed by atoms with Gasteiger partial charge < -0.3 is 4.57 Å². The van der Waals surface area contributed by atoms with Gasteiger partial charge in [0.25, 0.3) is 5.91 Å². The van der Waals surface area contributed by atoms with E-state index in [1.54, 1.807) is 25.6 Å². The number of rotatable bonds is 6. The molecule has 1 heterocycles. The van der Waals surface area contributed by atoms with E-state index in [9.17, 15) is 13.2 Å². The van der Waals surface area contributed by atoms with Gasteiger partial charge in [-0.2, -0.15) is 9.30 Å². The lowest BCUT2D eigenvalue weighted by Gasteiger charge is -2.20. The average Bonchev–Trinajstić information content (AvgIpc) is 3.09. The van der Waals surface area contributed by atoms with Crippen molar-refractivity contribution in [2.45, 2.75) is 36.2 Å². The maximum atomic E-state index is 12.8. The highest BCUT2D eigenvalue weighted by Crippen LogP contribution is 2.24. The summed E-state index contributed by atoms with van der Waals surface area (Å²) in [5.74, 6) is 2.15. The molecule has 9 heteroatoms. The van der Waals surface area contributed by atoms with Crippen molar-refractivity contribution in [3.8, 4) is 12.3 Å². The number of thioether (sulfide) groups is 1. The molecule has 6 nitrogen and oxygen atoms in total. The number of fused-ring (bicyclic) bond motifs is 1. The highest BCUT2D eigenvalue weighted by atomic mass is 32.2. The van der Waals surface area contributed by atoms with Gasteiger partial charge in [0.15, 0.2) is 4.80 Å². The molecule has 31 heavy (non-hydrogen) atoms. The monoisotopic (exact) mass is 473 g/mol. The van der Waals surface area contributed by atoms with Gasteiger partial charge in [0.2, 0.25) is 10.0 Å². The first-order valence-corrected chi connectivity index (χ1v) is 12.9. The molecule has 0 spiro atoms. The zero-order valence-corrected chi connectivity index (χ0v) is 20.1. The quantitative estimate of drug-likeness (QED) is 0.403. The van der Waals surface area contributed by atoms with Gasteiger partial charge >= 0.3 is 0 Å². The Balaban J connectivity index is 2.00. The maximum absolute atomic E-state index is 12.8. The van der Waals surface area contributed by atoms with E-state index >= 15 is 0 Å². The number of carbonyl (C=O) groups is 1. The Bertz CT molecular complexity index is 1330. The van der Waals surface area contributed by atoms with Crippen molar-refractivity contribution in [2.24, 2.45) is 4.99 Å². The first-order chi connectivity index (χ1) is 14.7. The summed E-state index contributed by atoms with van der Waals surface area (Å²) in [6, 6.07) is 11.7. The Morgan fingerprint density at radius 2 is 1.94 bits per heavy atom. The molecule has 2 aromatic carbocycles.